The zero-order chi connectivity index (χ0) is 11.4. The van der Waals surface area contributed by atoms with Gasteiger partial charge in [0.05, 0.1) is 0 Å². The molecule has 0 aliphatic carbocycles. The molecule has 1 saturated heterocycles. The summed E-state index contributed by atoms with van der Waals surface area (Å²) in [6, 6.07) is 2.91. The van der Waals surface area contributed by atoms with Crippen LogP contribution in [0.5, 0.6) is 0 Å². The molecule has 90 valence electrons. The van der Waals surface area contributed by atoms with E-state index in [9.17, 15) is 0 Å². The summed E-state index contributed by atoms with van der Waals surface area (Å²) in [5.74, 6) is 1.35. The minimum absolute atomic E-state index is 0.656. The van der Waals surface area contributed by atoms with Crippen LogP contribution in [0.25, 0.3) is 0 Å². The van der Waals surface area contributed by atoms with Gasteiger partial charge in [0.1, 0.15) is 0 Å². The molecule has 1 aliphatic heterocycles. The van der Waals surface area contributed by atoms with Crippen molar-refractivity contribution in [2.45, 2.75) is 37.5 Å². The predicted octanol–water partition coefficient (Wildman–Crippen LogP) is 3.93. The molecule has 0 amide bonds. The standard InChI is InChI=1S/C12H18BrNS2/c1-2-14-11(12-4-3-5-15-12)7-10-6-9(13)8-16-10/h6,8,11-12,14H,2-5,7H2,1H3. The molecule has 0 saturated carbocycles. The van der Waals surface area contributed by atoms with Gasteiger partial charge in [-0.15, -0.1) is 11.3 Å². The molecule has 1 aromatic rings. The fraction of sp³-hybridized carbons (Fsp3) is 0.667. The van der Waals surface area contributed by atoms with Gasteiger partial charge in [-0.25, -0.2) is 0 Å². The van der Waals surface area contributed by atoms with Crippen molar-refractivity contribution in [3.8, 4) is 0 Å². The van der Waals surface area contributed by atoms with Gasteiger partial charge in [0, 0.05) is 26.0 Å². The zero-order valence-corrected chi connectivity index (χ0v) is 12.8. The van der Waals surface area contributed by atoms with Gasteiger partial charge in [0.15, 0.2) is 0 Å². The van der Waals surface area contributed by atoms with Crippen LogP contribution in [0.1, 0.15) is 24.6 Å². The summed E-state index contributed by atoms with van der Waals surface area (Å²) in [5.41, 5.74) is 0. The molecule has 0 spiro atoms. The Labute approximate surface area is 115 Å². The van der Waals surface area contributed by atoms with Crippen LogP contribution in [0, 0.1) is 0 Å². The third kappa shape index (κ3) is 3.49. The van der Waals surface area contributed by atoms with Crippen LogP contribution in [0.3, 0.4) is 0 Å². The Morgan fingerprint density at radius 2 is 2.50 bits per heavy atom. The number of nitrogens with one attached hydrogen (secondary N) is 1. The highest BCUT2D eigenvalue weighted by Gasteiger charge is 2.25. The molecule has 2 rings (SSSR count). The Bertz CT molecular complexity index is 321. The lowest BCUT2D eigenvalue weighted by Crippen LogP contribution is -2.38. The molecule has 1 aliphatic rings. The van der Waals surface area contributed by atoms with Crippen LogP contribution in [0.15, 0.2) is 15.9 Å². The van der Waals surface area contributed by atoms with Crippen molar-refractivity contribution in [3.63, 3.8) is 0 Å². The maximum absolute atomic E-state index is 3.65. The number of hydrogen-bond acceptors (Lipinski definition) is 3. The summed E-state index contributed by atoms with van der Waals surface area (Å²) in [6.45, 7) is 3.28. The van der Waals surface area contributed by atoms with E-state index in [4.69, 9.17) is 0 Å². The van der Waals surface area contributed by atoms with Gasteiger partial charge in [-0.1, -0.05) is 6.92 Å². The Hall–Kier alpha value is 0.490. The van der Waals surface area contributed by atoms with Gasteiger partial charge in [0.25, 0.3) is 0 Å². The SMILES string of the molecule is CCNC(Cc1cc(Br)cs1)C1CCCS1. The van der Waals surface area contributed by atoms with Crippen LogP contribution < -0.4 is 5.32 Å². The first-order valence-electron chi connectivity index (χ1n) is 5.87. The van der Waals surface area contributed by atoms with Crippen LogP contribution in [-0.2, 0) is 6.42 Å². The predicted molar refractivity (Wildman–Crippen MR) is 78.7 cm³/mol. The smallest absolute Gasteiger partial charge is 0.0285 e. The molecule has 1 nitrogen and oxygen atoms in total. The molecule has 1 N–H and O–H groups in total. The van der Waals surface area contributed by atoms with Crippen molar-refractivity contribution in [1.82, 2.24) is 5.32 Å². The second kappa shape index (κ2) is 6.43. The molecule has 16 heavy (non-hydrogen) atoms. The Morgan fingerprint density at radius 3 is 3.06 bits per heavy atom. The number of thioether (sulfide) groups is 1. The maximum atomic E-state index is 3.65. The monoisotopic (exact) mass is 319 g/mol. The van der Waals surface area contributed by atoms with Gasteiger partial charge in [0.2, 0.25) is 0 Å². The molecule has 2 heterocycles. The minimum atomic E-state index is 0.656. The minimum Gasteiger partial charge on any atom is -0.313 e. The van der Waals surface area contributed by atoms with E-state index in [2.05, 4.69) is 51.4 Å². The molecule has 0 bridgehead atoms. The van der Waals surface area contributed by atoms with Crippen molar-refractivity contribution in [2.75, 3.05) is 12.3 Å². The van der Waals surface area contributed by atoms with Crippen molar-refractivity contribution < 1.29 is 0 Å². The molecule has 2 atom stereocenters. The Kier molecular flexibility index (Phi) is 5.20. The summed E-state index contributed by atoms with van der Waals surface area (Å²) in [6.07, 6.45) is 3.96. The second-order valence-corrected chi connectivity index (χ2v) is 7.41. The van der Waals surface area contributed by atoms with E-state index in [1.165, 1.54) is 34.4 Å². The highest BCUT2D eigenvalue weighted by Crippen LogP contribution is 2.31. The van der Waals surface area contributed by atoms with E-state index in [0.29, 0.717) is 6.04 Å². The van der Waals surface area contributed by atoms with E-state index in [1.807, 2.05) is 11.3 Å². The normalized spacial score (nSPS) is 22.5. The maximum Gasteiger partial charge on any atom is 0.0285 e. The Balaban J connectivity index is 1.96. The van der Waals surface area contributed by atoms with E-state index in [0.717, 1.165) is 11.8 Å². The zero-order valence-electron chi connectivity index (χ0n) is 9.54. The van der Waals surface area contributed by atoms with Crippen LogP contribution in [0.4, 0.5) is 0 Å². The van der Waals surface area contributed by atoms with Crippen molar-refractivity contribution in [3.05, 3.63) is 20.8 Å². The molecule has 1 aromatic heterocycles. The number of likely N-dealkylation sites (N-methyl/N-ethyl adjacent to an activating group) is 1. The molecule has 2 unspecified atom stereocenters. The van der Waals surface area contributed by atoms with Gasteiger partial charge < -0.3 is 5.32 Å². The van der Waals surface area contributed by atoms with E-state index in [-0.39, 0.29) is 0 Å². The van der Waals surface area contributed by atoms with Crippen molar-refractivity contribution in [2.24, 2.45) is 0 Å². The fourth-order valence-corrected chi connectivity index (χ4v) is 5.10. The molecule has 1 fully saturated rings. The first kappa shape index (κ1) is 12.9. The quantitative estimate of drug-likeness (QED) is 0.882. The van der Waals surface area contributed by atoms with E-state index >= 15 is 0 Å². The molecular formula is C12H18BrNS2. The molecule has 0 aromatic carbocycles. The second-order valence-electron chi connectivity index (χ2n) is 4.15. The third-order valence-electron chi connectivity index (χ3n) is 2.92. The largest absolute Gasteiger partial charge is 0.313 e. The van der Waals surface area contributed by atoms with E-state index in [1.54, 1.807) is 0 Å². The van der Waals surface area contributed by atoms with Gasteiger partial charge in [-0.2, -0.15) is 11.8 Å². The number of rotatable bonds is 5. The van der Waals surface area contributed by atoms with Gasteiger partial charge in [-0.3, -0.25) is 0 Å². The van der Waals surface area contributed by atoms with Crippen molar-refractivity contribution in [1.29, 1.82) is 0 Å². The van der Waals surface area contributed by atoms with Crippen molar-refractivity contribution >= 4 is 39.0 Å². The first-order chi connectivity index (χ1) is 7.79. The summed E-state index contributed by atoms with van der Waals surface area (Å²) in [7, 11) is 0. The molecule has 4 heteroatoms. The average Bonchev–Trinajstić information content (AvgIpc) is 2.88. The highest BCUT2D eigenvalue weighted by atomic mass is 79.9. The summed E-state index contributed by atoms with van der Waals surface area (Å²) in [5, 5.41) is 6.65. The number of halogens is 1. The molecule has 0 radical (unpaired) electrons. The van der Waals surface area contributed by atoms with E-state index < -0.39 is 0 Å². The third-order valence-corrected chi connectivity index (χ3v) is 6.16. The highest BCUT2D eigenvalue weighted by molar-refractivity contribution is 9.10. The lowest BCUT2D eigenvalue weighted by atomic mass is 10.1. The summed E-state index contributed by atoms with van der Waals surface area (Å²) < 4.78 is 1.22. The van der Waals surface area contributed by atoms with Crippen LogP contribution >= 0.6 is 39.0 Å². The van der Waals surface area contributed by atoms with Gasteiger partial charge in [-0.05, 0) is 53.6 Å². The topological polar surface area (TPSA) is 12.0 Å². The molecular weight excluding hydrogens is 302 g/mol. The first-order valence-corrected chi connectivity index (χ1v) is 8.59. The van der Waals surface area contributed by atoms with Crippen LogP contribution in [-0.4, -0.2) is 23.6 Å². The lowest BCUT2D eigenvalue weighted by Gasteiger charge is -2.23. The summed E-state index contributed by atoms with van der Waals surface area (Å²) >= 11 is 7.54. The number of thiophene rings is 1. The average molecular weight is 320 g/mol. The fourth-order valence-electron chi connectivity index (χ4n) is 2.19. The summed E-state index contributed by atoms with van der Waals surface area (Å²) in [4.78, 5) is 1.49. The Morgan fingerprint density at radius 1 is 1.62 bits per heavy atom. The lowest BCUT2D eigenvalue weighted by molar-refractivity contribution is 0.498. The van der Waals surface area contributed by atoms with Crippen LogP contribution in [0.2, 0.25) is 0 Å². The van der Waals surface area contributed by atoms with Gasteiger partial charge >= 0.3 is 0 Å². The number of hydrogen-bond donors (Lipinski definition) is 1.